The van der Waals surface area contributed by atoms with Crippen molar-refractivity contribution in [1.82, 2.24) is 4.90 Å². The van der Waals surface area contributed by atoms with Crippen molar-refractivity contribution >= 4 is 0 Å². The Balaban J connectivity index is 1.94. The molecule has 1 fully saturated rings. The van der Waals surface area contributed by atoms with Crippen molar-refractivity contribution in [3.63, 3.8) is 0 Å². The van der Waals surface area contributed by atoms with Crippen LogP contribution in [0.3, 0.4) is 0 Å². The van der Waals surface area contributed by atoms with Gasteiger partial charge in [0.15, 0.2) is 0 Å². The van der Waals surface area contributed by atoms with Crippen molar-refractivity contribution in [2.45, 2.75) is 32.1 Å². The van der Waals surface area contributed by atoms with Gasteiger partial charge in [-0.05, 0) is 31.0 Å². The standard InChI is InChI=1S/C16H26N2/c1-2-3-7-10-18-12-15(11-17)16(13-18)14-8-5-4-6-9-14/h4-6,8-9,15-16H,2-3,7,10-13,17H2,1H3/t15-,16+/m1/s1. The van der Waals surface area contributed by atoms with E-state index in [4.69, 9.17) is 5.73 Å². The topological polar surface area (TPSA) is 29.3 Å². The van der Waals surface area contributed by atoms with Crippen molar-refractivity contribution in [3.05, 3.63) is 35.9 Å². The SMILES string of the molecule is CCCCCN1C[C@@H](CN)[C@H](c2ccccc2)C1. The number of nitrogens with two attached hydrogens (primary N) is 1. The monoisotopic (exact) mass is 246 g/mol. The summed E-state index contributed by atoms with van der Waals surface area (Å²) in [5.74, 6) is 1.27. The first-order valence-corrected chi connectivity index (χ1v) is 7.32. The highest BCUT2D eigenvalue weighted by atomic mass is 15.2. The molecule has 2 atom stereocenters. The lowest BCUT2D eigenvalue weighted by molar-refractivity contribution is 0.316. The van der Waals surface area contributed by atoms with Crippen LogP contribution in [-0.4, -0.2) is 31.1 Å². The number of nitrogens with zero attached hydrogens (tertiary/aromatic N) is 1. The number of likely N-dealkylation sites (tertiary alicyclic amines) is 1. The van der Waals surface area contributed by atoms with Crippen molar-refractivity contribution < 1.29 is 0 Å². The third kappa shape index (κ3) is 3.33. The molecule has 0 aliphatic carbocycles. The fourth-order valence-electron chi connectivity index (χ4n) is 3.05. The van der Waals surface area contributed by atoms with Crippen LogP contribution in [0.25, 0.3) is 0 Å². The molecule has 1 aromatic rings. The van der Waals surface area contributed by atoms with Gasteiger partial charge in [0, 0.05) is 19.0 Å². The van der Waals surface area contributed by atoms with Crippen LogP contribution in [0.15, 0.2) is 30.3 Å². The molecule has 2 N–H and O–H groups in total. The summed E-state index contributed by atoms with van der Waals surface area (Å²) in [7, 11) is 0. The summed E-state index contributed by atoms with van der Waals surface area (Å²) in [6.45, 7) is 6.69. The smallest absolute Gasteiger partial charge is 0.00540 e. The van der Waals surface area contributed by atoms with E-state index >= 15 is 0 Å². The molecule has 0 saturated carbocycles. The van der Waals surface area contributed by atoms with Crippen molar-refractivity contribution in [3.8, 4) is 0 Å². The Kier molecular flexibility index (Phi) is 5.21. The summed E-state index contributed by atoms with van der Waals surface area (Å²) in [6.07, 6.45) is 3.98. The zero-order chi connectivity index (χ0) is 12.8. The van der Waals surface area contributed by atoms with Crippen molar-refractivity contribution in [2.24, 2.45) is 11.7 Å². The van der Waals surface area contributed by atoms with Gasteiger partial charge in [-0.3, -0.25) is 0 Å². The number of hydrogen-bond acceptors (Lipinski definition) is 2. The molecule has 0 amide bonds. The molecule has 2 rings (SSSR count). The lowest BCUT2D eigenvalue weighted by Crippen LogP contribution is -2.24. The molecule has 0 unspecified atom stereocenters. The van der Waals surface area contributed by atoms with Crippen LogP contribution in [0.5, 0.6) is 0 Å². The highest BCUT2D eigenvalue weighted by Gasteiger charge is 2.32. The Morgan fingerprint density at radius 2 is 1.94 bits per heavy atom. The van der Waals surface area contributed by atoms with Gasteiger partial charge >= 0.3 is 0 Å². The molecular weight excluding hydrogens is 220 g/mol. The molecule has 0 spiro atoms. The zero-order valence-electron chi connectivity index (χ0n) is 11.5. The first-order chi connectivity index (χ1) is 8.85. The Bertz CT molecular complexity index is 336. The van der Waals surface area contributed by atoms with Gasteiger partial charge in [-0.1, -0.05) is 50.1 Å². The molecule has 18 heavy (non-hydrogen) atoms. The molecule has 2 nitrogen and oxygen atoms in total. The average molecular weight is 246 g/mol. The quantitative estimate of drug-likeness (QED) is 0.782. The van der Waals surface area contributed by atoms with Gasteiger partial charge in [-0.25, -0.2) is 0 Å². The normalized spacial score (nSPS) is 24.6. The first-order valence-electron chi connectivity index (χ1n) is 7.32. The maximum absolute atomic E-state index is 5.95. The zero-order valence-corrected chi connectivity index (χ0v) is 11.5. The van der Waals surface area contributed by atoms with Gasteiger partial charge in [0.05, 0.1) is 0 Å². The molecule has 1 heterocycles. The molecule has 1 aliphatic rings. The van der Waals surface area contributed by atoms with Crippen LogP contribution in [0.1, 0.15) is 37.7 Å². The largest absolute Gasteiger partial charge is 0.330 e. The minimum absolute atomic E-state index is 0.633. The van der Waals surface area contributed by atoms with E-state index in [1.54, 1.807) is 0 Å². The molecule has 0 aromatic heterocycles. The van der Waals surface area contributed by atoms with Gasteiger partial charge in [0.2, 0.25) is 0 Å². The van der Waals surface area contributed by atoms with Crippen LogP contribution in [-0.2, 0) is 0 Å². The number of benzene rings is 1. The summed E-state index contributed by atoms with van der Waals surface area (Å²) in [6, 6.07) is 10.9. The summed E-state index contributed by atoms with van der Waals surface area (Å²) in [4.78, 5) is 2.60. The summed E-state index contributed by atoms with van der Waals surface area (Å²) in [5, 5.41) is 0. The van der Waals surface area contributed by atoms with E-state index in [1.807, 2.05) is 0 Å². The third-order valence-corrected chi connectivity index (χ3v) is 4.13. The van der Waals surface area contributed by atoms with Gasteiger partial charge < -0.3 is 10.6 Å². The predicted octanol–water partition coefficient (Wildman–Crippen LogP) is 2.85. The number of hydrogen-bond donors (Lipinski definition) is 1. The van der Waals surface area contributed by atoms with Crippen molar-refractivity contribution in [1.29, 1.82) is 0 Å². The molecular formula is C16H26N2. The van der Waals surface area contributed by atoms with Crippen LogP contribution >= 0.6 is 0 Å². The first kappa shape index (κ1) is 13.6. The predicted molar refractivity (Wildman–Crippen MR) is 77.7 cm³/mol. The summed E-state index contributed by atoms with van der Waals surface area (Å²) < 4.78 is 0. The molecule has 1 aliphatic heterocycles. The van der Waals surface area contributed by atoms with E-state index in [1.165, 1.54) is 44.5 Å². The average Bonchev–Trinajstić information content (AvgIpc) is 2.83. The van der Waals surface area contributed by atoms with Crippen LogP contribution < -0.4 is 5.73 Å². The van der Waals surface area contributed by atoms with E-state index in [-0.39, 0.29) is 0 Å². The van der Waals surface area contributed by atoms with Gasteiger partial charge in [0.1, 0.15) is 0 Å². The highest BCUT2D eigenvalue weighted by molar-refractivity contribution is 5.22. The summed E-state index contributed by atoms with van der Waals surface area (Å²) in [5.41, 5.74) is 7.42. The maximum Gasteiger partial charge on any atom is 0.00540 e. The second-order valence-corrected chi connectivity index (χ2v) is 5.48. The highest BCUT2D eigenvalue weighted by Crippen LogP contribution is 2.31. The van der Waals surface area contributed by atoms with Gasteiger partial charge in [-0.15, -0.1) is 0 Å². The van der Waals surface area contributed by atoms with E-state index in [0.29, 0.717) is 11.8 Å². The van der Waals surface area contributed by atoms with E-state index in [9.17, 15) is 0 Å². The molecule has 2 heteroatoms. The number of unbranched alkanes of at least 4 members (excludes halogenated alkanes) is 2. The summed E-state index contributed by atoms with van der Waals surface area (Å²) >= 11 is 0. The fraction of sp³-hybridized carbons (Fsp3) is 0.625. The maximum atomic E-state index is 5.95. The van der Waals surface area contributed by atoms with E-state index in [2.05, 4.69) is 42.2 Å². The van der Waals surface area contributed by atoms with Gasteiger partial charge in [0.25, 0.3) is 0 Å². The Morgan fingerprint density at radius 3 is 2.61 bits per heavy atom. The molecule has 1 aromatic carbocycles. The molecule has 0 radical (unpaired) electrons. The Morgan fingerprint density at radius 1 is 1.17 bits per heavy atom. The van der Waals surface area contributed by atoms with Crippen LogP contribution in [0, 0.1) is 5.92 Å². The second kappa shape index (κ2) is 6.91. The van der Waals surface area contributed by atoms with Gasteiger partial charge in [-0.2, -0.15) is 0 Å². The lowest BCUT2D eigenvalue weighted by Gasteiger charge is -2.16. The molecule has 1 saturated heterocycles. The fourth-order valence-corrected chi connectivity index (χ4v) is 3.05. The van der Waals surface area contributed by atoms with E-state index < -0.39 is 0 Å². The minimum Gasteiger partial charge on any atom is -0.330 e. The van der Waals surface area contributed by atoms with Crippen LogP contribution in [0.4, 0.5) is 0 Å². The molecule has 0 bridgehead atoms. The van der Waals surface area contributed by atoms with Crippen molar-refractivity contribution in [2.75, 3.05) is 26.2 Å². The van der Waals surface area contributed by atoms with E-state index in [0.717, 1.165) is 6.54 Å². The second-order valence-electron chi connectivity index (χ2n) is 5.48. The Labute approximate surface area is 111 Å². The minimum atomic E-state index is 0.633. The third-order valence-electron chi connectivity index (χ3n) is 4.13. The number of rotatable bonds is 6. The Hall–Kier alpha value is -0.860. The lowest BCUT2D eigenvalue weighted by atomic mass is 9.89. The van der Waals surface area contributed by atoms with Crippen LogP contribution in [0.2, 0.25) is 0 Å². The molecule has 100 valence electrons.